The van der Waals surface area contributed by atoms with Crippen molar-refractivity contribution in [3.8, 4) is 0 Å². The normalized spacial score (nSPS) is 17.4. The lowest BCUT2D eigenvalue weighted by Crippen LogP contribution is -2.50. The largest absolute Gasteiger partial charge is 0.338 e. The summed E-state index contributed by atoms with van der Waals surface area (Å²) in [6.07, 6.45) is 0. The Kier molecular flexibility index (Phi) is 7.24. The lowest BCUT2D eigenvalue weighted by molar-refractivity contribution is -0.132. The third kappa shape index (κ3) is 6.06. The van der Waals surface area contributed by atoms with Gasteiger partial charge in [-0.25, -0.2) is 0 Å². The summed E-state index contributed by atoms with van der Waals surface area (Å²) in [6.45, 7) is 19.7. The second-order valence-corrected chi connectivity index (χ2v) is 6.34. The summed E-state index contributed by atoms with van der Waals surface area (Å²) >= 11 is 0. The zero-order chi connectivity index (χ0) is 15.1. The van der Waals surface area contributed by atoms with Gasteiger partial charge < -0.3 is 9.80 Å². The monoisotopic (exact) mass is 281 g/mol. The van der Waals surface area contributed by atoms with Gasteiger partial charge >= 0.3 is 0 Å². The van der Waals surface area contributed by atoms with Crippen molar-refractivity contribution in [3.05, 3.63) is 12.2 Å². The fourth-order valence-corrected chi connectivity index (χ4v) is 2.64. The Hall–Kier alpha value is -0.870. The van der Waals surface area contributed by atoms with E-state index in [1.54, 1.807) is 0 Å². The number of likely N-dealkylation sites (N-methyl/N-ethyl adjacent to an activating group) is 1. The number of hydrogen-bond acceptors (Lipinski definition) is 3. The predicted octanol–water partition coefficient (Wildman–Crippen LogP) is 1.68. The van der Waals surface area contributed by atoms with E-state index in [-0.39, 0.29) is 5.91 Å². The molecule has 116 valence electrons. The Morgan fingerprint density at radius 3 is 2.20 bits per heavy atom. The highest BCUT2D eigenvalue weighted by Gasteiger charge is 2.21. The molecular formula is C16H31N3O. The van der Waals surface area contributed by atoms with Crippen molar-refractivity contribution in [2.75, 3.05) is 52.4 Å². The topological polar surface area (TPSA) is 26.8 Å². The number of rotatable bonds is 7. The Morgan fingerprint density at radius 1 is 1.20 bits per heavy atom. The molecule has 0 aromatic heterocycles. The molecule has 0 unspecified atom stereocenters. The summed E-state index contributed by atoms with van der Waals surface area (Å²) < 4.78 is 0. The average molecular weight is 281 g/mol. The first-order chi connectivity index (χ1) is 9.42. The van der Waals surface area contributed by atoms with Gasteiger partial charge in [0.25, 0.3) is 0 Å². The van der Waals surface area contributed by atoms with Gasteiger partial charge in [-0.1, -0.05) is 26.0 Å². The summed E-state index contributed by atoms with van der Waals surface area (Å²) in [4.78, 5) is 18.9. The van der Waals surface area contributed by atoms with Crippen molar-refractivity contribution < 1.29 is 4.79 Å². The molecule has 0 atom stereocenters. The molecular weight excluding hydrogens is 250 g/mol. The minimum absolute atomic E-state index is 0.229. The van der Waals surface area contributed by atoms with Crippen molar-refractivity contribution in [2.24, 2.45) is 5.92 Å². The first-order valence-corrected chi connectivity index (χ1v) is 7.79. The summed E-state index contributed by atoms with van der Waals surface area (Å²) in [7, 11) is 0. The van der Waals surface area contributed by atoms with Gasteiger partial charge in [0, 0.05) is 45.8 Å². The number of carbonyl (C=O) groups is 1. The summed E-state index contributed by atoms with van der Waals surface area (Å²) in [5.74, 6) is 0.946. The van der Waals surface area contributed by atoms with Gasteiger partial charge in [0.15, 0.2) is 0 Å². The van der Waals surface area contributed by atoms with Crippen LogP contribution in [0.15, 0.2) is 12.2 Å². The van der Waals surface area contributed by atoms with Crippen LogP contribution < -0.4 is 0 Å². The first kappa shape index (κ1) is 17.2. The summed E-state index contributed by atoms with van der Waals surface area (Å²) in [5.41, 5.74) is 1.04. The van der Waals surface area contributed by atoms with E-state index >= 15 is 0 Å². The standard InChI is InChI=1S/C16H31N3O/c1-6-19(12-15(4)5)16(20)13-18-9-7-17(8-10-18)11-14(2)3/h14H,4,6-13H2,1-3,5H3. The van der Waals surface area contributed by atoms with E-state index in [1.807, 2.05) is 18.7 Å². The van der Waals surface area contributed by atoms with E-state index in [2.05, 4.69) is 30.2 Å². The van der Waals surface area contributed by atoms with Crippen molar-refractivity contribution in [1.29, 1.82) is 0 Å². The number of piperazine rings is 1. The third-order valence-corrected chi connectivity index (χ3v) is 3.64. The highest BCUT2D eigenvalue weighted by atomic mass is 16.2. The molecule has 0 saturated carbocycles. The Morgan fingerprint density at radius 2 is 1.75 bits per heavy atom. The zero-order valence-corrected chi connectivity index (χ0v) is 13.7. The molecule has 0 bridgehead atoms. The quantitative estimate of drug-likeness (QED) is 0.664. The van der Waals surface area contributed by atoms with Gasteiger partial charge in [-0.2, -0.15) is 0 Å². The molecule has 1 saturated heterocycles. The maximum absolute atomic E-state index is 12.3. The fourth-order valence-electron chi connectivity index (χ4n) is 2.64. The molecule has 1 rings (SSSR count). The predicted molar refractivity (Wildman–Crippen MR) is 84.8 cm³/mol. The van der Waals surface area contributed by atoms with Crippen molar-refractivity contribution >= 4 is 5.91 Å². The van der Waals surface area contributed by atoms with E-state index in [9.17, 15) is 4.79 Å². The zero-order valence-electron chi connectivity index (χ0n) is 13.7. The highest BCUT2D eigenvalue weighted by Crippen LogP contribution is 2.06. The average Bonchev–Trinajstić information content (AvgIpc) is 2.37. The lowest BCUT2D eigenvalue weighted by Gasteiger charge is -2.36. The maximum Gasteiger partial charge on any atom is 0.237 e. The molecule has 1 aliphatic rings. The Bertz CT molecular complexity index is 320. The molecule has 1 amide bonds. The second-order valence-electron chi connectivity index (χ2n) is 6.34. The lowest BCUT2D eigenvalue weighted by atomic mass is 10.2. The minimum Gasteiger partial charge on any atom is -0.338 e. The van der Waals surface area contributed by atoms with Gasteiger partial charge in [0.05, 0.1) is 6.54 Å². The second kappa shape index (κ2) is 8.42. The molecule has 4 heteroatoms. The fraction of sp³-hybridized carbons (Fsp3) is 0.812. The van der Waals surface area contributed by atoms with Crippen molar-refractivity contribution in [1.82, 2.24) is 14.7 Å². The van der Waals surface area contributed by atoms with E-state index < -0.39 is 0 Å². The van der Waals surface area contributed by atoms with Crippen LogP contribution in [0.2, 0.25) is 0 Å². The smallest absolute Gasteiger partial charge is 0.237 e. The molecule has 0 aromatic rings. The molecule has 0 N–H and O–H groups in total. The highest BCUT2D eigenvalue weighted by molar-refractivity contribution is 5.78. The molecule has 0 aromatic carbocycles. The maximum atomic E-state index is 12.3. The van der Waals surface area contributed by atoms with Crippen LogP contribution in [-0.4, -0.2) is 73.0 Å². The Labute approximate surface area is 124 Å². The molecule has 1 fully saturated rings. The SMILES string of the molecule is C=C(C)CN(CC)C(=O)CN1CCN(CC(C)C)CC1. The van der Waals surface area contributed by atoms with Crippen molar-refractivity contribution in [3.63, 3.8) is 0 Å². The van der Waals surface area contributed by atoms with Gasteiger partial charge in [0.2, 0.25) is 5.91 Å². The van der Waals surface area contributed by atoms with E-state index in [0.29, 0.717) is 19.0 Å². The van der Waals surface area contributed by atoms with Gasteiger partial charge in [-0.3, -0.25) is 9.69 Å². The van der Waals surface area contributed by atoms with E-state index in [0.717, 1.165) is 38.3 Å². The van der Waals surface area contributed by atoms with E-state index in [4.69, 9.17) is 0 Å². The molecule has 1 aliphatic heterocycles. The van der Waals surface area contributed by atoms with Crippen LogP contribution in [0.25, 0.3) is 0 Å². The van der Waals surface area contributed by atoms with Gasteiger partial charge in [-0.05, 0) is 19.8 Å². The molecule has 20 heavy (non-hydrogen) atoms. The van der Waals surface area contributed by atoms with Crippen LogP contribution in [0.3, 0.4) is 0 Å². The molecule has 4 nitrogen and oxygen atoms in total. The number of carbonyl (C=O) groups excluding carboxylic acids is 1. The van der Waals surface area contributed by atoms with E-state index in [1.165, 1.54) is 6.54 Å². The van der Waals surface area contributed by atoms with Crippen molar-refractivity contribution in [2.45, 2.75) is 27.7 Å². The van der Waals surface area contributed by atoms with Crippen LogP contribution in [0, 0.1) is 5.92 Å². The summed E-state index contributed by atoms with van der Waals surface area (Å²) in [5, 5.41) is 0. The molecule has 0 radical (unpaired) electrons. The molecule has 0 spiro atoms. The first-order valence-electron chi connectivity index (χ1n) is 7.79. The number of hydrogen-bond donors (Lipinski definition) is 0. The Balaban J connectivity index is 2.35. The van der Waals surface area contributed by atoms with Gasteiger partial charge in [-0.15, -0.1) is 0 Å². The number of amides is 1. The van der Waals surface area contributed by atoms with Crippen LogP contribution in [0.5, 0.6) is 0 Å². The van der Waals surface area contributed by atoms with Crippen LogP contribution in [-0.2, 0) is 4.79 Å². The molecule has 1 heterocycles. The van der Waals surface area contributed by atoms with Crippen LogP contribution in [0.4, 0.5) is 0 Å². The van der Waals surface area contributed by atoms with Crippen LogP contribution >= 0.6 is 0 Å². The molecule has 0 aliphatic carbocycles. The van der Waals surface area contributed by atoms with Gasteiger partial charge in [0.1, 0.15) is 0 Å². The summed E-state index contributed by atoms with van der Waals surface area (Å²) in [6, 6.07) is 0. The third-order valence-electron chi connectivity index (χ3n) is 3.64. The number of nitrogens with zero attached hydrogens (tertiary/aromatic N) is 3. The minimum atomic E-state index is 0.229. The van der Waals surface area contributed by atoms with Crippen LogP contribution in [0.1, 0.15) is 27.7 Å².